The molecule has 0 spiro atoms. The summed E-state index contributed by atoms with van der Waals surface area (Å²) in [6.07, 6.45) is 1.80. The Morgan fingerprint density at radius 3 is 2.41 bits per heavy atom. The molecule has 3 aromatic heterocycles. The van der Waals surface area contributed by atoms with Crippen LogP contribution in [0.1, 0.15) is 11.4 Å². The van der Waals surface area contributed by atoms with Crippen molar-refractivity contribution in [2.45, 2.75) is 13.8 Å². The molecule has 6 nitrogen and oxygen atoms in total. The van der Waals surface area contributed by atoms with Crippen molar-refractivity contribution in [1.29, 1.82) is 0 Å². The van der Waals surface area contributed by atoms with E-state index in [0.29, 0.717) is 5.82 Å². The SMILES string of the molecule is COc1cc(Nc2nc(C)cc3c2nc(-c2ccc(F)cc2)n3C)ccc1-c1ccnc(C)c1. The third kappa shape index (κ3) is 3.96. The molecule has 0 atom stereocenters. The summed E-state index contributed by atoms with van der Waals surface area (Å²) in [4.78, 5) is 13.8. The quantitative estimate of drug-likeness (QED) is 0.343. The van der Waals surface area contributed by atoms with Gasteiger partial charge in [0.25, 0.3) is 0 Å². The molecule has 0 amide bonds. The van der Waals surface area contributed by atoms with Gasteiger partial charge in [-0.2, -0.15) is 0 Å². The molecular weight excluding hydrogens is 429 g/mol. The van der Waals surface area contributed by atoms with E-state index in [9.17, 15) is 4.39 Å². The van der Waals surface area contributed by atoms with E-state index in [0.717, 1.165) is 56.4 Å². The first-order valence-electron chi connectivity index (χ1n) is 10.9. The lowest BCUT2D eigenvalue weighted by Gasteiger charge is -2.13. The van der Waals surface area contributed by atoms with Crippen molar-refractivity contribution in [3.8, 4) is 28.3 Å². The molecule has 0 radical (unpaired) electrons. The number of halogens is 1. The second kappa shape index (κ2) is 8.59. The van der Waals surface area contributed by atoms with E-state index in [1.165, 1.54) is 12.1 Å². The lowest BCUT2D eigenvalue weighted by molar-refractivity contribution is 0.416. The van der Waals surface area contributed by atoms with Crippen molar-refractivity contribution < 1.29 is 9.13 Å². The van der Waals surface area contributed by atoms with Gasteiger partial charge in [0.1, 0.15) is 22.9 Å². The predicted molar refractivity (Wildman–Crippen MR) is 133 cm³/mol. The zero-order valence-electron chi connectivity index (χ0n) is 19.4. The number of benzene rings is 2. The first-order chi connectivity index (χ1) is 16.4. The van der Waals surface area contributed by atoms with Crippen LogP contribution in [0.15, 0.2) is 66.9 Å². The van der Waals surface area contributed by atoms with Crippen LogP contribution in [-0.4, -0.2) is 26.6 Å². The van der Waals surface area contributed by atoms with Crippen LogP contribution in [0, 0.1) is 19.7 Å². The maximum atomic E-state index is 13.4. The maximum absolute atomic E-state index is 13.4. The number of hydrogen-bond acceptors (Lipinski definition) is 5. The normalized spacial score (nSPS) is 11.1. The molecular formula is C27H24FN5O. The van der Waals surface area contributed by atoms with E-state index < -0.39 is 0 Å². The van der Waals surface area contributed by atoms with Gasteiger partial charge in [-0.05, 0) is 74.0 Å². The largest absolute Gasteiger partial charge is 0.496 e. The van der Waals surface area contributed by atoms with Gasteiger partial charge in [-0.1, -0.05) is 0 Å². The fourth-order valence-corrected chi connectivity index (χ4v) is 4.11. The molecule has 2 aromatic carbocycles. The number of imidazole rings is 1. The van der Waals surface area contributed by atoms with Crippen LogP contribution < -0.4 is 10.1 Å². The Balaban J connectivity index is 1.56. The second-order valence-electron chi connectivity index (χ2n) is 8.21. The molecule has 0 aliphatic carbocycles. The van der Waals surface area contributed by atoms with E-state index in [-0.39, 0.29) is 5.82 Å². The summed E-state index contributed by atoms with van der Waals surface area (Å²) in [5.41, 5.74) is 7.17. The van der Waals surface area contributed by atoms with Crippen molar-refractivity contribution in [3.05, 3.63) is 84.1 Å². The molecule has 3 heterocycles. The molecule has 5 aromatic rings. The fourth-order valence-electron chi connectivity index (χ4n) is 4.11. The van der Waals surface area contributed by atoms with Gasteiger partial charge in [-0.25, -0.2) is 14.4 Å². The maximum Gasteiger partial charge on any atom is 0.158 e. The molecule has 1 N–H and O–H groups in total. The number of aromatic nitrogens is 4. The van der Waals surface area contributed by atoms with Gasteiger partial charge in [0.2, 0.25) is 0 Å². The van der Waals surface area contributed by atoms with Crippen molar-refractivity contribution in [2.75, 3.05) is 12.4 Å². The van der Waals surface area contributed by atoms with Gasteiger partial charge in [0.15, 0.2) is 5.82 Å². The van der Waals surface area contributed by atoms with Crippen LogP contribution in [0.25, 0.3) is 33.5 Å². The smallest absolute Gasteiger partial charge is 0.158 e. The third-order valence-corrected chi connectivity index (χ3v) is 5.77. The summed E-state index contributed by atoms with van der Waals surface area (Å²) in [6, 6.07) is 18.3. The van der Waals surface area contributed by atoms with Gasteiger partial charge < -0.3 is 14.6 Å². The minimum atomic E-state index is -0.276. The average molecular weight is 454 g/mol. The van der Waals surface area contributed by atoms with Crippen molar-refractivity contribution >= 4 is 22.5 Å². The Morgan fingerprint density at radius 2 is 1.68 bits per heavy atom. The van der Waals surface area contributed by atoms with Gasteiger partial charge in [0, 0.05) is 47.5 Å². The monoisotopic (exact) mass is 453 g/mol. The molecule has 0 aliphatic heterocycles. The lowest BCUT2D eigenvalue weighted by Crippen LogP contribution is -1.98. The Labute approximate surface area is 197 Å². The minimum Gasteiger partial charge on any atom is -0.496 e. The lowest BCUT2D eigenvalue weighted by atomic mass is 10.0. The molecule has 0 aliphatic rings. The molecule has 34 heavy (non-hydrogen) atoms. The number of fused-ring (bicyclic) bond motifs is 1. The number of rotatable bonds is 5. The van der Waals surface area contributed by atoms with Gasteiger partial charge >= 0.3 is 0 Å². The Morgan fingerprint density at radius 1 is 0.882 bits per heavy atom. The van der Waals surface area contributed by atoms with Gasteiger partial charge in [0.05, 0.1) is 12.6 Å². The predicted octanol–water partition coefficient (Wildman–Crippen LogP) is 6.21. The summed E-state index contributed by atoms with van der Waals surface area (Å²) in [6.45, 7) is 3.91. The van der Waals surface area contributed by atoms with E-state index in [1.54, 1.807) is 25.4 Å². The van der Waals surface area contributed by atoms with E-state index >= 15 is 0 Å². The molecule has 7 heteroatoms. The molecule has 5 rings (SSSR count). The number of aryl methyl sites for hydroxylation is 3. The highest BCUT2D eigenvalue weighted by atomic mass is 19.1. The third-order valence-electron chi connectivity index (χ3n) is 5.77. The molecule has 0 unspecified atom stereocenters. The standard InChI is InChI=1S/C27H24FN5O/c1-16-13-19(11-12-29-16)22-10-9-21(15-24(22)34-4)31-26-25-23(14-17(2)30-26)33(3)27(32-25)18-5-7-20(28)8-6-18/h5-15H,1-4H3,(H,30,31). The molecule has 170 valence electrons. The number of nitrogens with zero attached hydrogens (tertiary/aromatic N) is 4. The second-order valence-corrected chi connectivity index (χ2v) is 8.21. The van der Waals surface area contributed by atoms with E-state index in [1.807, 2.05) is 61.9 Å². The van der Waals surface area contributed by atoms with Crippen LogP contribution in [0.5, 0.6) is 5.75 Å². The summed E-state index contributed by atoms with van der Waals surface area (Å²) in [7, 11) is 3.61. The van der Waals surface area contributed by atoms with Crippen LogP contribution in [0.4, 0.5) is 15.9 Å². The number of nitrogens with one attached hydrogen (secondary N) is 1. The van der Waals surface area contributed by atoms with Gasteiger partial charge in [-0.3, -0.25) is 4.98 Å². The number of ether oxygens (including phenoxy) is 1. The molecule has 0 fully saturated rings. The molecule has 0 saturated heterocycles. The highest BCUT2D eigenvalue weighted by Gasteiger charge is 2.16. The Hall–Kier alpha value is -4.26. The first kappa shape index (κ1) is 21.6. The van der Waals surface area contributed by atoms with Crippen molar-refractivity contribution in [1.82, 2.24) is 19.5 Å². The molecule has 0 bridgehead atoms. The van der Waals surface area contributed by atoms with Crippen LogP contribution in [-0.2, 0) is 7.05 Å². The highest BCUT2D eigenvalue weighted by molar-refractivity contribution is 5.91. The van der Waals surface area contributed by atoms with E-state index in [4.69, 9.17) is 14.7 Å². The Bertz CT molecular complexity index is 1510. The number of pyridine rings is 2. The highest BCUT2D eigenvalue weighted by Crippen LogP contribution is 2.35. The number of anilines is 2. The van der Waals surface area contributed by atoms with Crippen molar-refractivity contribution in [3.63, 3.8) is 0 Å². The van der Waals surface area contributed by atoms with Crippen molar-refractivity contribution in [2.24, 2.45) is 7.05 Å². The molecule has 0 saturated carbocycles. The van der Waals surface area contributed by atoms with Gasteiger partial charge in [-0.15, -0.1) is 0 Å². The van der Waals surface area contributed by atoms with Crippen LogP contribution in [0.2, 0.25) is 0 Å². The number of hydrogen-bond donors (Lipinski definition) is 1. The van der Waals surface area contributed by atoms with Crippen LogP contribution in [0.3, 0.4) is 0 Å². The van der Waals surface area contributed by atoms with Crippen LogP contribution >= 0.6 is 0 Å². The zero-order valence-corrected chi connectivity index (χ0v) is 19.4. The fraction of sp³-hybridized carbons (Fsp3) is 0.148. The van der Waals surface area contributed by atoms with E-state index in [2.05, 4.69) is 10.3 Å². The number of methoxy groups -OCH3 is 1. The topological polar surface area (TPSA) is 64.9 Å². The summed E-state index contributed by atoms with van der Waals surface area (Å²) < 4.78 is 21.1. The average Bonchev–Trinajstić information content (AvgIpc) is 3.16. The summed E-state index contributed by atoms with van der Waals surface area (Å²) in [5, 5.41) is 3.41. The summed E-state index contributed by atoms with van der Waals surface area (Å²) >= 11 is 0. The minimum absolute atomic E-state index is 0.276. The summed E-state index contributed by atoms with van der Waals surface area (Å²) in [5.74, 6) is 1.86. The Kier molecular flexibility index (Phi) is 5.45. The first-order valence-corrected chi connectivity index (χ1v) is 10.9. The zero-order chi connectivity index (χ0) is 23.8.